The Bertz CT molecular complexity index is 627. The van der Waals surface area contributed by atoms with E-state index in [1.54, 1.807) is 17.0 Å². The summed E-state index contributed by atoms with van der Waals surface area (Å²) >= 11 is 0. The van der Waals surface area contributed by atoms with E-state index >= 15 is 0 Å². The maximum atomic E-state index is 12.2. The summed E-state index contributed by atoms with van der Waals surface area (Å²) in [6.45, 7) is 7.43. The topological polar surface area (TPSA) is 78.5 Å². The smallest absolute Gasteiger partial charge is 0.251 e. The predicted molar refractivity (Wildman–Crippen MR) is 95.9 cm³/mol. The lowest BCUT2D eigenvalue weighted by Crippen LogP contribution is -2.33. The summed E-state index contributed by atoms with van der Waals surface area (Å²) < 4.78 is 0. The van der Waals surface area contributed by atoms with E-state index in [0.717, 1.165) is 12.0 Å². The third-order valence-corrected chi connectivity index (χ3v) is 4.64. The van der Waals surface area contributed by atoms with Crippen LogP contribution in [-0.2, 0) is 16.1 Å². The molecule has 1 aromatic carbocycles. The van der Waals surface area contributed by atoms with Crippen molar-refractivity contribution < 1.29 is 14.4 Å². The summed E-state index contributed by atoms with van der Waals surface area (Å²) in [4.78, 5) is 37.6. The minimum absolute atomic E-state index is 0.0410. The molecular formula is C19H27N3O3. The average Bonchev–Trinajstić information content (AvgIpc) is 3.00. The van der Waals surface area contributed by atoms with Crippen LogP contribution in [0.1, 0.15) is 49.5 Å². The van der Waals surface area contributed by atoms with Gasteiger partial charge in [0, 0.05) is 37.7 Å². The van der Waals surface area contributed by atoms with Crippen molar-refractivity contribution in [1.82, 2.24) is 15.5 Å². The molecule has 3 amide bonds. The van der Waals surface area contributed by atoms with Crippen molar-refractivity contribution in [2.45, 2.75) is 46.2 Å². The Kier molecular flexibility index (Phi) is 6.56. The SMILES string of the molecule is CC[C@H](C)NC(=O)c1ccc(CNC(=O)[C@@H]2CC(=O)N(CC)C2)cc1. The van der Waals surface area contributed by atoms with E-state index in [-0.39, 0.29) is 36.1 Å². The summed E-state index contributed by atoms with van der Waals surface area (Å²) in [5, 5.41) is 5.80. The predicted octanol–water partition coefficient (Wildman–Crippen LogP) is 1.70. The zero-order valence-electron chi connectivity index (χ0n) is 15.2. The van der Waals surface area contributed by atoms with Crippen LogP contribution < -0.4 is 10.6 Å². The van der Waals surface area contributed by atoms with Crippen molar-refractivity contribution in [3.05, 3.63) is 35.4 Å². The van der Waals surface area contributed by atoms with E-state index in [0.29, 0.717) is 25.2 Å². The summed E-state index contributed by atoms with van der Waals surface area (Å²) in [6.07, 6.45) is 1.17. The molecule has 0 saturated carbocycles. The second-order valence-corrected chi connectivity index (χ2v) is 6.53. The van der Waals surface area contributed by atoms with Gasteiger partial charge in [-0.25, -0.2) is 0 Å². The molecule has 0 aliphatic carbocycles. The molecule has 1 saturated heterocycles. The molecule has 1 heterocycles. The summed E-state index contributed by atoms with van der Waals surface area (Å²) in [5.74, 6) is -0.413. The highest BCUT2D eigenvalue weighted by atomic mass is 16.2. The van der Waals surface area contributed by atoms with Crippen LogP contribution in [0.15, 0.2) is 24.3 Å². The number of hydrogen-bond acceptors (Lipinski definition) is 3. The van der Waals surface area contributed by atoms with Crippen LogP contribution in [0.25, 0.3) is 0 Å². The fraction of sp³-hybridized carbons (Fsp3) is 0.526. The Hall–Kier alpha value is -2.37. The Morgan fingerprint density at radius 2 is 1.92 bits per heavy atom. The molecule has 2 atom stereocenters. The number of hydrogen-bond donors (Lipinski definition) is 2. The molecule has 6 heteroatoms. The van der Waals surface area contributed by atoms with Crippen LogP contribution in [0, 0.1) is 5.92 Å². The number of benzene rings is 1. The Balaban J connectivity index is 1.84. The van der Waals surface area contributed by atoms with Gasteiger partial charge in [-0.15, -0.1) is 0 Å². The van der Waals surface area contributed by atoms with Gasteiger partial charge in [0.25, 0.3) is 5.91 Å². The lowest BCUT2D eigenvalue weighted by molar-refractivity contribution is -0.128. The lowest BCUT2D eigenvalue weighted by Gasteiger charge is -2.14. The molecule has 136 valence electrons. The zero-order valence-corrected chi connectivity index (χ0v) is 15.2. The highest BCUT2D eigenvalue weighted by Crippen LogP contribution is 2.17. The monoisotopic (exact) mass is 345 g/mol. The van der Waals surface area contributed by atoms with Gasteiger partial charge in [0.2, 0.25) is 11.8 Å². The fourth-order valence-electron chi connectivity index (χ4n) is 2.77. The van der Waals surface area contributed by atoms with Crippen molar-refractivity contribution in [1.29, 1.82) is 0 Å². The Morgan fingerprint density at radius 3 is 2.48 bits per heavy atom. The fourth-order valence-corrected chi connectivity index (χ4v) is 2.77. The number of likely N-dealkylation sites (tertiary alicyclic amines) is 1. The summed E-state index contributed by atoms with van der Waals surface area (Å²) in [7, 11) is 0. The lowest BCUT2D eigenvalue weighted by atomic mass is 10.1. The van der Waals surface area contributed by atoms with Crippen LogP contribution in [0.5, 0.6) is 0 Å². The molecule has 1 aliphatic heterocycles. The molecule has 0 unspecified atom stereocenters. The first kappa shape index (κ1) is 19.0. The highest BCUT2D eigenvalue weighted by molar-refractivity contribution is 5.94. The van der Waals surface area contributed by atoms with Crippen molar-refractivity contribution >= 4 is 17.7 Å². The number of carbonyl (C=O) groups is 3. The molecular weight excluding hydrogens is 318 g/mol. The van der Waals surface area contributed by atoms with Crippen LogP contribution in [0.2, 0.25) is 0 Å². The largest absolute Gasteiger partial charge is 0.352 e. The third kappa shape index (κ3) is 5.05. The molecule has 1 aromatic rings. The number of nitrogens with zero attached hydrogens (tertiary/aromatic N) is 1. The molecule has 0 radical (unpaired) electrons. The van der Waals surface area contributed by atoms with Crippen molar-refractivity contribution in [2.24, 2.45) is 5.92 Å². The van der Waals surface area contributed by atoms with Crippen molar-refractivity contribution in [2.75, 3.05) is 13.1 Å². The van der Waals surface area contributed by atoms with E-state index in [9.17, 15) is 14.4 Å². The number of carbonyl (C=O) groups excluding carboxylic acids is 3. The molecule has 0 aromatic heterocycles. The first-order valence-corrected chi connectivity index (χ1v) is 8.89. The second kappa shape index (κ2) is 8.65. The molecule has 1 aliphatic rings. The quantitative estimate of drug-likeness (QED) is 0.789. The van der Waals surface area contributed by atoms with Gasteiger partial charge in [-0.3, -0.25) is 14.4 Å². The van der Waals surface area contributed by atoms with Crippen LogP contribution >= 0.6 is 0 Å². The van der Waals surface area contributed by atoms with Gasteiger partial charge < -0.3 is 15.5 Å². The standard InChI is InChI=1S/C19H27N3O3/c1-4-13(3)21-19(25)15-8-6-14(7-9-15)11-20-18(24)16-10-17(23)22(5-2)12-16/h6-9,13,16H,4-5,10-12H2,1-3H3,(H,20,24)(H,21,25)/t13-,16+/m0/s1. The van der Waals surface area contributed by atoms with Gasteiger partial charge in [0.05, 0.1) is 5.92 Å². The number of nitrogens with one attached hydrogen (secondary N) is 2. The molecule has 25 heavy (non-hydrogen) atoms. The molecule has 1 fully saturated rings. The average molecular weight is 345 g/mol. The van der Waals surface area contributed by atoms with E-state index in [2.05, 4.69) is 10.6 Å². The summed E-state index contributed by atoms with van der Waals surface area (Å²) in [6, 6.07) is 7.34. The third-order valence-electron chi connectivity index (χ3n) is 4.64. The molecule has 2 rings (SSSR count). The molecule has 0 spiro atoms. The van der Waals surface area contributed by atoms with Crippen molar-refractivity contribution in [3.8, 4) is 0 Å². The first-order valence-electron chi connectivity index (χ1n) is 8.89. The van der Waals surface area contributed by atoms with Gasteiger partial charge in [0.15, 0.2) is 0 Å². The first-order chi connectivity index (χ1) is 11.9. The zero-order chi connectivity index (χ0) is 18.4. The van der Waals surface area contributed by atoms with Gasteiger partial charge in [0.1, 0.15) is 0 Å². The minimum atomic E-state index is -0.270. The van der Waals surface area contributed by atoms with Gasteiger partial charge in [-0.1, -0.05) is 19.1 Å². The van der Waals surface area contributed by atoms with Crippen LogP contribution in [0.3, 0.4) is 0 Å². The summed E-state index contributed by atoms with van der Waals surface area (Å²) in [5.41, 5.74) is 1.53. The Labute approximate surface area is 149 Å². The maximum absolute atomic E-state index is 12.2. The van der Waals surface area contributed by atoms with Gasteiger partial charge in [-0.05, 0) is 38.0 Å². The molecule has 0 bridgehead atoms. The van der Waals surface area contributed by atoms with Crippen LogP contribution in [-0.4, -0.2) is 41.8 Å². The maximum Gasteiger partial charge on any atom is 0.251 e. The van der Waals surface area contributed by atoms with E-state index in [1.807, 2.05) is 32.9 Å². The highest BCUT2D eigenvalue weighted by Gasteiger charge is 2.33. The van der Waals surface area contributed by atoms with E-state index < -0.39 is 0 Å². The van der Waals surface area contributed by atoms with E-state index in [1.165, 1.54) is 0 Å². The second-order valence-electron chi connectivity index (χ2n) is 6.53. The number of rotatable bonds is 7. The van der Waals surface area contributed by atoms with Gasteiger partial charge >= 0.3 is 0 Å². The molecule has 6 nitrogen and oxygen atoms in total. The number of amides is 3. The molecule has 2 N–H and O–H groups in total. The van der Waals surface area contributed by atoms with Crippen LogP contribution in [0.4, 0.5) is 0 Å². The van der Waals surface area contributed by atoms with E-state index in [4.69, 9.17) is 0 Å². The van der Waals surface area contributed by atoms with Gasteiger partial charge in [-0.2, -0.15) is 0 Å². The normalized spacial score (nSPS) is 18.1. The van der Waals surface area contributed by atoms with Crippen molar-refractivity contribution in [3.63, 3.8) is 0 Å². The Morgan fingerprint density at radius 1 is 1.24 bits per heavy atom. The minimum Gasteiger partial charge on any atom is -0.352 e.